The lowest BCUT2D eigenvalue weighted by atomic mass is 10.1. The van der Waals surface area contributed by atoms with Gasteiger partial charge in [0.25, 0.3) is 5.91 Å². The van der Waals surface area contributed by atoms with Gasteiger partial charge in [-0.05, 0) is 32.1 Å². The van der Waals surface area contributed by atoms with Crippen LogP contribution in [-0.4, -0.2) is 88.7 Å². The fourth-order valence-corrected chi connectivity index (χ4v) is 5.28. The molecule has 0 bridgehead atoms. The lowest BCUT2D eigenvalue weighted by Gasteiger charge is -2.41. The highest BCUT2D eigenvalue weighted by Gasteiger charge is 2.44. The predicted octanol–water partition coefficient (Wildman–Crippen LogP) is -1.87. The smallest absolute Gasteiger partial charge is 0.277 e. The molecule has 1 saturated heterocycles. The highest BCUT2D eigenvalue weighted by atomic mass is 32.2. The average molecular weight is 442 g/mol. The summed E-state index contributed by atoms with van der Waals surface area (Å²) in [5.41, 5.74) is 6.28. The van der Waals surface area contributed by atoms with Crippen LogP contribution in [0.2, 0.25) is 0 Å². The Hall–Kier alpha value is -2.06. The zero-order chi connectivity index (χ0) is 21.7. The molecule has 3 aliphatic heterocycles. The van der Waals surface area contributed by atoms with Gasteiger partial charge in [-0.15, -0.1) is 0 Å². The van der Waals surface area contributed by atoms with E-state index in [0.717, 1.165) is 6.42 Å². The summed E-state index contributed by atoms with van der Waals surface area (Å²) in [5, 5.41) is 26.0. The first kappa shape index (κ1) is 21.2. The van der Waals surface area contributed by atoms with Gasteiger partial charge in [0.15, 0.2) is 11.5 Å². The van der Waals surface area contributed by atoms with Gasteiger partial charge in [0.1, 0.15) is 0 Å². The number of carbonyl (C=O) groups is 1. The van der Waals surface area contributed by atoms with Crippen molar-refractivity contribution in [3.8, 4) is 0 Å². The number of amidine groups is 1. The molecular formula is C17H27N7O5S. The molecule has 166 valence electrons. The van der Waals surface area contributed by atoms with Crippen LogP contribution in [0.4, 0.5) is 0 Å². The van der Waals surface area contributed by atoms with Crippen molar-refractivity contribution in [1.82, 2.24) is 19.8 Å². The number of fused-ring (bicyclic) bond motifs is 1. The summed E-state index contributed by atoms with van der Waals surface area (Å²) in [6.45, 7) is 0.696. The van der Waals surface area contributed by atoms with E-state index >= 15 is 0 Å². The number of amides is 1. The van der Waals surface area contributed by atoms with Gasteiger partial charge in [0.2, 0.25) is 21.8 Å². The van der Waals surface area contributed by atoms with E-state index in [1.807, 2.05) is 0 Å². The highest BCUT2D eigenvalue weighted by molar-refractivity contribution is 7.88. The van der Waals surface area contributed by atoms with Crippen LogP contribution >= 0.6 is 0 Å². The quantitative estimate of drug-likeness (QED) is 0.315. The third kappa shape index (κ3) is 4.07. The molecule has 1 amide bonds. The third-order valence-electron chi connectivity index (χ3n) is 5.89. The third-order valence-corrected chi connectivity index (χ3v) is 7.19. The van der Waals surface area contributed by atoms with E-state index in [0.29, 0.717) is 38.8 Å². The van der Waals surface area contributed by atoms with Gasteiger partial charge in [-0.2, -0.15) is 0 Å². The second-order valence-electron chi connectivity index (χ2n) is 8.16. The Morgan fingerprint density at radius 1 is 1.30 bits per heavy atom. The minimum absolute atomic E-state index is 0.0659. The first-order chi connectivity index (χ1) is 14.1. The number of aliphatic hydroxyl groups is 2. The summed E-state index contributed by atoms with van der Waals surface area (Å²) in [7, 11) is -3.25. The molecular weight excluding hydrogens is 414 g/mol. The van der Waals surface area contributed by atoms with Crippen LogP contribution in [0, 0.1) is 0 Å². The number of rotatable bonds is 4. The number of nitrogens with zero attached hydrogens (tertiary/aromatic N) is 4. The summed E-state index contributed by atoms with van der Waals surface area (Å²) in [6.07, 6.45) is 5.04. The van der Waals surface area contributed by atoms with Crippen molar-refractivity contribution < 1.29 is 23.4 Å². The maximum Gasteiger partial charge on any atom is 0.277 e. The van der Waals surface area contributed by atoms with Crippen molar-refractivity contribution in [3.05, 3.63) is 12.1 Å². The number of nitrogens with two attached hydrogens (primary N) is 1. The molecule has 0 radical (unpaired) electrons. The standard InChI is InChI=1S/C17H27N7O5S/c1-30(28,29)23-7-5-10(6-8-23)20-17(18)21-15-14(16(27)22-17)19-13(26)9-24(15)11-3-2-4-12(11)25/h9-12,20,25-26H,2-8,18H2,1H3,(H,22,27)/t11-,12-,17?/m1/s1. The largest absolute Gasteiger partial charge is 0.492 e. The van der Waals surface area contributed by atoms with Crippen LogP contribution in [-0.2, 0) is 14.8 Å². The first-order valence-corrected chi connectivity index (χ1v) is 11.8. The molecule has 1 saturated carbocycles. The summed E-state index contributed by atoms with van der Waals surface area (Å²) < 4.78 is 24.8. The fourth-order valence-electron chi connectivity index (χ4n) is 4.40. The molecule has 30 heavy (non-hydrogen) atoms. The van der Waals surface area contributed by atoms with E-state index in [4.69, 9.17) is 5.73 Å². The zero-order valence-electron chi connectivity index (χ0n) is 16.7. The maximum atomic E-state index is 12.7. The average Bonchev–Trinajstić information content (AvgIpc) is 3.07. The van der Waals surface area contributed by atoms with Crippen LogP contribution in [0.3, 0.4) is 0 Å². The van der Waals surface area contributed by atoms with Crippen molar-refractivity contribution in [3.63, 3.8) is 0 Å². The van der Waals surface area contributed by atoms with Crippen molar-refractivity contribution >= 4 is 27.5 Å². The number of aliphatic imine (C=N–C) groups is 2. The van der Waals surface area contributed by atoms with Crippen LogP contribution in [0.1, 0.15) is 32.1 Å². The van der Waals surface area contributed by atoms with Gasteiger partial charge < -0.3 is 20.4 Å². The van der Waals surface area contributed by atoms with Gasteiger partial charge >= 0.3 is 0 Å². The van der Waals surface area contributed by atoms with Crippen molar-refractivity contribution in [2.75, 3.05) is 19.3 Å². The molecule has 6 N–H and O–H groups in total. The molecule has 12 nitrogen and oxygen atoms in total. The molecule has 2 fully saturated rings. The Morgan fingerprint density at radius 2 is 2.00 bits per heavy atom. The highest BCUT2D eigenvalue weighted by Crippen LogP contribution is 2.28. The minimum Gasteiger partial charge on any atom is -0.492 e. The van der Waals surface area contributed by atoms with E-state index in [1.165, 1.54) is 16.8 Å². The Morgan fingerprint density at radius 3 is 2.60 bits per heavy atom. The second kappa shape index (κ2) is 7.57. The monoisotopic (exact) mass is 441 g/mol. The summed E-state index contributed by atoms with van der Waals surface area (Å²) in [4.78, 5) is 22.7. The Balaban J connectivity index is 1.56. The molecule has 3 heterocycles. The molecule has 1 unspecified atom stereocenters. The van der Waals surface area contributed by atoms with Crippen LogP contribution in [0.15, 0.2) is 22.1 Å². The number of sulfonamides is 1. The van der Waals surface area contributed by atoms with E-state index in [-0.39, 0.29) is 29.5 Å². The van der Waals surface area contributed by atoms with Crippen molar-refractivity contribution in [2.45, 2.75) is 56.2 Å². The number of hydrogen-bond acceptors (Lipinski definition) is 10. The molecule has 0 spiro atoms. The number of hydrogen-bond donors (Lipinski definition) is 5. The van der Waals surface area contributed by atoms with Gasteiger partial charge in [-0.3, -0.25) is 15.8 Å². The van der Waals surface area contributed by atoms with E-state index in [1.54, 1.807) is 4.90 Å². The number of nitrogens with one attached hydrogen (secondary N) is 2. The van der Waals surface area contributed by atoms with Crippen LogP contribution in [0.25, 0.3) is 0 Å². The second-order valence-corrected chi connectivity index (χ2v) is 10.1. The fraction of sp³-hybridized carbons (Fsp3) is 0.706. The first-order valence-electron chi connectivity index (χ1n) is 9.96. The number of piperidine rings is 1. The van der Waals surface area contributed by atoms with E-state index < -0.39 is 27.9 Å². The molecule has 0 aromatic carbocycles. The van der Waals surface area contributed by atoms with Crippen LogP contribution < -0.4 is 16.4 Å². The summed E-state index contributed by atoms with van der Waals surface area (Å²) in [6, 6.07) is -0.501. The molecule has 13 heteroatoms. The summed E-state index contributed by atoms with van der Waals surface area (Å²) in [5.74, 6) is -2.37. The minimum atomic E-state index is -3.25. The van der Waals surface area contributed by atoms with Crippen LogP contribution in [0.5, 0.6) is 0 Å². The molecule has 0 aromatic heterocycles. The zero-order valence-corrected chi connectivity index (χ0v) is 17.5. The Kier molecular flexibility index (Phi) is 5.34. The van der Waals surface area contributed by atoms with Gasteiger partial charge in [0.05, 0.1) is 24.6 Å². The predicted molar refractivity (Wildman–Crippen MR) is 109 cm³/mol. The number of carbonyl (C=O) groups excluding carboxylic acids is 1. The maximum absolute atomic E-state index is 12.7. The van der Waals surface area contributed by atoms with E-state index in [2.05, 4.69) is 20.6 Å². The Labute approximate surface area is 174 Å². The molecule has 4 rings (SSSR count). The molecule has 4 aliphatic rings. The lowest BCUT2D eigenvalue weighted by molar-refractivity contribution is -0.117. The van der Waals surface area contributed by atoms with Gasteiger partial charge in [-0.1, -0.05) is 0 Å². The van der Waals surface area contributed by atoms with Crippen molar-refractivity contribution in [2.24, 2.45) is 15.7 Å². The molecule has 0 aromatic rings. The summed E-state index contributed by atoms with van der Waals surface area (Å²) >= 11 is 0. The SMILES string of the molecule is CS(=O)(=O)N1CCC(NC2(N)N=C3C(=NC(O)=CN3[C@@H]3CCC[C@H]3O)C(=O)N2)CC1. The molecule has 3 atom stereocenters. The van der Waals surface area contributed by atoms with Gasteiger partial charge in [-0.25, -0.2) is 22.7 Å². The lowest BCUT2D eigenvalue weighted by Crippen LogP contribution is -2.72. The Bertz CT molecular complexity index is 925. The van der Waals surface area contributed by atoms with Gasteiger partial charge in [0, 0.05) is 19.1 Å². The number of aliphatic hydroxyl groups excluding tert-OH is 2. The normalized spacial score (nSPS) is 33.5. The topological polar surface area (TPSA) is 173 Å². The molecule has 1 aliphatic carbocycles. The van der Waals surface area contributed by atoms with Crippen molar-refractivity contribution in [1.29, 1.82) is 0 Å². The van der Waals surface area contributed by atoms with E-state index in [9.17, 15) is 23.4 Å².